The van der Waals surface area contributed by atoms with Gasteiger partial charge in [0, 0.05) is 22.1 Å². The molecule has 0 saturated heterocycles. The molecule has 2 atom stereocenters. The molecule has 48 heavy (non-hydrogen) atoms. The quantitative estimate of drug-likeness (QED) is 0.159. The molecule has 6 aromatic rings. The molecular weight excluding hydrogens is 583 g/mol. The fourth-order valence-electron chi connectivity index (χ4n) is 10.4. The van der Waals surface area contributed by atoms with Crippen LogP contribution < -0.4 is 4.90 Å². The van der Waals surface area contributed by atoms with Gasteiger partial charge >= 0.3 is 0 Å². The lowest BCUT2D eigenvalue weighted by atomic mass is 9.42. The summed E-state index contributed by atoms with van der Waals surface area (Å²) in [7, 11) is 0. The summed E-state index contributed by atoms with van der Waals surface area (Å²) in [6.07, 6.45) is 13.5. The van der Waals surface area contributed by atoms with Gasteiger partial charge in [0.05, 0.1) is 5.69 Å². The van der Waals surface area contributed by atoms with E-state index in [1.165, 1.54) is 73.7 Å². The summed E-state index contributed by atoms with van der Waals surface area (Å²) in [5.41, 5.74) is 11.5. The van der Waals surface area contributed by atoms with Crippen molar-refractivity contribution in [2.24, 2.45) is 11.8 Å². The Morgan fingerprint density at radius 3 is 1.96 bits per heavy atom. The SMILES string of the molecule is C=Cc1ccc(C23CC4CC(C2)CC(c2ccc(N(c5ccc(CCCC)cc5)c5cccc6c5oc5ccccc56)cc2)(C4)C3)cc1. The van der Waals surface area contributed by atoms with Crippen LogP contribution in [0.2, 0.25) is 0 Å². The first-order valence-electron chi connectivity index (χ1n) is 18.2. The average Bonchev–Trinajstić information content (AvgIpc) is 3.51. The summed E-state index contributed by atoms with van der Waals surface area (Å²) in [6.45, 7) is 6.25. The van der Waals surface area contributed by atoms with Crippen LogP contribution in [0.5, 0.6) is 0 Å². The van der Waals surface area contributed by atoms with Crippen LogP contribution >= 0.6 is 0 Å². The number of benzene rings is 5. The zero-order chi connectivity index (χ0) is 32.3. The van der Waals surface area contributed by atoms with E-state index >= 15 is 0 Å². The first-order chi connectivity index (χ1) is 23.6. The van der Waals surface area contributed by atoms with E-state index in [9.17, 15) is 0 Å². The van der Waals surface area contributed by atoms with Gasteiger partial charge in [-0.2, -0.15) is 0 Å². The van der Waals surface area contributed by atoms with Crippen LogP contribution in [0.1, 0.15) is 80.5 Å². The van der Waals surface area contributed by atoms with Crippen LogP contribution in [0.15, 0.2) is 126 Å². The smallest absolute Gasteiger partial charge is 0.159 e. The van der Waals surface area contributed by atoms with Crippen LogP contribution in [-0.2, 0) is 17.3 Å². The van der Waals surface area contributed by atoms with Crippen molar-refractivity contribution < 1.29 is 4.42 Å². The molecule has 0 radical (unpaired) electrons. The number of nitrogens with zero attached hydrogens (tertiary/aromatic N) is 1. The topological polar surface area (TPSA) is 16.4 Å². The summed E-state index contributed by atoms with van der Waals surface area (Å²) < 4.78 is 6.59. The highest BCUT2D eigenvalue weighted by Crippen LogP contribution is 2.66. The van der Waals surface area contributed by atoms with Gasteiger partial charge in [0.25, 0.3) is 0 Å². The second-order valence-electron chi connectivity index (χ2n) is 15.3. The van der Waals surface area contributed by atoms with E-state index in [4.69, 9.17) is 4.42 Å². The molecule has 4 bridgehead atoms. The third kappa shape index (κ3) is 4.83. The molecule has 1 aromatic heterocycles. The highest BCUT2D eigenvalue weighted by atomic mass is 16.3. The number of anilines is 3. The van der Waals surface area contributed by atoms with Crippen LogP contribution in [-0.4, -0.2) is 0 Å². The summed E-state index contributed by atoms with van der Waals surface area (Å²) in [6, 6.07) is 43.2. The van der Waals surface area contributed by atoms with E-state index < -0.39 is 0 Å². The maximum Gasteiger partial charge on any atom is 0.159 e. The van der Waals surface area contributed by atoms with Gasteiger partial charge in [0.15, 0.2) is 5.58 Å². The molecule has 4 saturated carbocycles. The van der Waals surface area contributed by atoms with E-state index in [1.807, 2.05) is 6.08 Å². The number of furan rings is 1. The number of hydrogen-bond acceptors (Lipinski definition) is 2. The first kappa shape index (κ1) is 29.6. The van der Waals surface area contributed by atoms with Gasteiger partial charge in [-0.3, -0.25) is 0 Å². The Labute approximate surface area is 285 Å². The van der Waals surface area contributed by atoms with Crippen LogP contribution in [0.3, 0.4) is 0 Å². The number of aryl methyl sites for hydroxylation is 1. The predicted molar refractivity (Wildman–Crippen MR) is 202 cm³/mol. The van der Waals surface area contributed by atoms with E-state index in [0.717, 1.165) is 51.6 Å². The largest absolute Gasteiger partial charge is 0.454 e. The standard InChI is InChI=1S/C46H45NO/c1-3-5-9-33-16-22-38(23-17-33)47(42-12-8-11-41-40-10-6-7-13-43(40)48-44(41)42)39-24-20-37(21-25-39)46-29-34-26-35(30-46)28-45(27-34,31-46)36-18-14-32(4-2)15-19-36/h4,6-8,10-25,34-35H,2-3,5,9,26-31H2,1H3. The maximum absolute atomic E-state index is 6.59. The van der Waals surface area contributed by atoms with Gasteiger partial charge in [0.2, 0.25) is 0 Å². The van der Waals surface area contributed by atoms with Gasteiger partial charge in [-0.1, -0.05) is 105 Å². The van der Waals surface area contributed by atoms with Crippen molar-refractivity contribution in [3.8, 4) is 0 Å². The summed E-state index contributed by atoms with van der Waals surface area (Å²) in [5, 5.41) is 2.32. The zero-order valence-electron chi connectivity index (χ0n) is 28.1. The Morgan fingerprint density at radius 2 is 1.31 bits per heavy atom. The fourth-order valence-corrected chi connectivity index (χ4v) is 10.4. The molecule has 10 rings (SSSR count). The van der Waals surface area contributed by atoms with Crippen LogP contribution in [0.25, 0.3) is 28.0 Å². The van der Waals surface area contributed by atoms with E-state index in [2.05, 4.69) is 134 Å². The summed E-state index contributed by atoms with van der Waals surface area (Å²) in [5.74, 6) is 1.64. The lowest BCUT2D eigenvalue weighted by molar-refractivity contribution is -0.0281. The third-order valence-corrected chi connectivity index (χ3v) is 12.2. The van der Waals surface area contributed by atoms with Crippen LogP contribution in [0, 0.1) is 11.8 Å². The molecule has 2 unspecified atom stereocenters. The maximum atomic E-state index is 6.59. The zero-order valence-corrected chi connectivity index (χ0v) is 28.1. The molecule has 0 aliphatic heterocycles. The number of para-hydroxylation sites is 2. The van der Waals surface area contributed by atoms with Crippen molar-refractivity contribution in [3.05, 3.63) is 144 Å². The molecule has 0 spiro atoms. The summed E-state index contributed by atoms with van der Waals surface area (Å²) >= 11 is 0. The Morgan fingerprint density at radius 1 is 0.708 bits per heavy atom. The molecule has 1 heterocycles. The fraction of sp³-hybridized carbons (Fsp3) is 0.304. The Kier molecular flexibility index (Phi) is 7.11. The predicted octanol–water partition coefficient (Wildman–Crippen LogP) is 12.8. The lowest BCUT2D eigenvalue weighted by Crippen LogP contribution is -2.55. The van der Waals surface area contributed by atoms with Crippen molar-refractivity contribution >= 4 is 45.1 Å². The second-order valence-corrected chi connectivity index (χ2v) is 15.3. The lowest BCUT2D eigenvalue weighted by Gasteiger charge is -2.63. The molecule has 5 aromatic carbocycles. The molecule has 0 N–H and O–H groups in total. The van der Waals surface area contributed by atoms with Gasteiger partial charge in [-0.25, -0.2) is 0 Å². The van der Waals surface area contributed by atoms with E-state index in [-0.39, 0.29) is 5.41 Å². The minimum Gasteiger partial charge on any atom is -0.454 e. The normalized spacial score (nSPS) is 24.4. The molecule has 2 nitrogen and oxygen atoms in total. The third-order valence-electron chi connectivity index (χ3n) is 12.2. The number of unbranched alkanes of at least 4 members (excludes halogenated alkanes) is 1. The molecule has 2 heteroatoms. The van der Waals surface area contributed by atoms with Gasteiger partial charge in [0.1, 0.15) is 5.58 Å². The molecule has 4 fully saturated rings. The second kappa shape index (κ2) is 11.5. The van der Waals surface area contributed by atoms with Crippen molar-refractivity contribution in [1.29, 1.82) is 0 Å². The Bertz CT molecular complexity index is 2090. The molecular formula is C46H45NO. The van der Waals surface area contributed by atoms with Crippen LogP contribution in [0.4, 0.5) is 17.1 Å². The van der Waals surface area contributed by atoms with Gasteiger partial charge < -0.3 is 9.32 Å². The highest BCUT2D eigenvalue weighted by Gasteiger charge is 2.58. The molecule has 4 aliphatic rings. The Hall–Kier alpha value is -4.56. The number of rotatable bonds is 9. The molecule has 4 aliphatic carbocycles. The van der Waals surface area contributed by atoms with Crippen molar-refractivity contribution in [2.75, 3.05) is 4.90 Å². The molecule has 0 amide bonds. The first-order valence-corrected chi connectivity index (χ1v) is 18.2. The highest BCUT2D eigenvalue weighted by molar-refractivity contribution is 6.10. The minimum atomic E-state index is 0.254. The monoisotopic (exact) mass is 627 g/mol. The number of fused-ring (bicyclic) bond motifs is 3. The Balaban J connectivity index is 1.12. The van der Waals surface area contributed by atoms with Gasteiger partial charge in [-0.05, 0) is 133 Å². The van der Waals surface area contributed by atoms with E-state index in [0.29, 0.717) is 5.41 Å². The minimum absolute atomic E-state index is 0.254. The average molecular weight is 628 g/mol. The molecule has 240 valence electrons. The van der Waals surface area contributed by atoms with Crippen molar-refractivity contribution in [1.82, 2.24) is 0 Å². The van der Waals surface area contributed by atoms with E-state index in [1.54, 1.807) is 5.56 Å². The van der Waals surface area contributed by atoms with Gasteiger partial charge in [-0.15, -0.1) is 0 Å². The summed E-state index contributed by atoms with van der Waals surface area (Å²) in [4.78, 5) is 2.40. The van der Waals surface area contributed by atoms with Crippen molar-refractivity contribution in [3.63, 3.8) is 0 Å². The number of hydrogen-bond donors (Lipinski definition) is 0. The van der Waals surface area contributed by atoms with Crippen molar-refractivity contribution in [2.45, 2.75) is 75.5 Å².